The van der Waals surface area contributed by atoms with Gasteiger partial charge in [0.2, 0.25) is 5.88 Å². The lowest BCUT2D eigenvalue weighted by atomic mass is 9.97. The van der Waals surface area contributed by atoms with E-state index >= 15 is 0 Å². The quantitative estimate of drug-likeness (QED) is 0.803. The van der Waals surface area contributed by atoms with E-state index in [9.17, 15) is 4.79 Å². The van der Waals surface area contributed by atoms with Gasteiger partial charge in [-0.1, -0.05) is 6.92 Å². The number of hydrogen-bond donors (Lipinski definition) is 2. The Hall–Kier alpha value is -1.89. The van der Waals surface area contributed by atoms with Crippen LogP contribution in [0.3, 0.4) is 0 Å². The van der Waals surface area contributed by atoms with Crippen molar-refractivity contribution in [3.05, 3.63) is 22.4 Å². The Morgan fingerprint density at radius 3 is 3.16 bits per heavy atom. The summed E-state index contributed by atoms with van der Waals surface area (Å²) in [5.74, 6) is 1.58. The minimum Gasteiger partial charge on any atom is -0.473 e. The predicted molar refractivity (Wildman–Crippen MR) is 69.4 cm³/mol. The first-order chi connectivity index (χ1) is 9.15. The third kappa shape index (κ3) is 2.21. The molecular formula is C12H17N5O2. The van der Waals surface area contributed by atoms with Gasteiger partial charge in [0.05, 0.1) is 0 Å². The van der Waals surface area contributed by atoms with Crippen LogP contribution >= 0.6 is 0 Å². The third-order valence-corrected chi connectivity index (χ3v) is 3.58. The minimum absolute atomic E-state index is 0.105. The summed E-state index contributed by atoms with van der Waals surface area (Å²) in [5.41, 5.74) is 0.253. The Balaban J connectivity index is 1.91. The Morgan fingerprint density at radius 1 is 1.53 bits per heavy atom. The molecule has 2 aromatic heterocycles. The number of aromatic nitrogens is 4. The highest BCUT2D eigenvalue weighted by Crippen LogP contribution is 2.19. The first kappa shape index (κ1) is 12.2. The SMILES string of the molecule is Cc1nc(OC2CNCCC2C)cc2n[nH]c(=O)n12. The zero-order valence-electron chi connectivity index (χ0n) is 11.0. The van der Waals surface area contributed by atoms with Gasteiger partial charge in [-0.15, -0.1) is 0 Å². The van der Waals surface area contributed by atoms with Crippen LogP contribution in [-0.2, 0) is 0 Å². The topological polar surface area (TPSA) is 84.3 Å². The van der Waals surface area contributed by atoms with Crippen molar-refractivity contribution < 1.29 is 4.74 Å². The lowest BCUT2D eigenvalue weighted by molar-refractivity contribution is 0.109. The first-order valence-electron chi connectivity index (χ1n) is 6.47. The molecule has 2 unspecified atom stereocenters. The van der Waals surface area contributed by atoms with Gasteiger partial charge in [-0.05, 0) is 25.8 Å². The van der Waals surface area contributed by atoms with E-state index in [4.69, 9.17) is 4.74 Å². The zero-order valence-corrected chi connectivity index (χ0v) is 11.0. The molecule has 1 fully saturated rings. The van der Waals surface area contributed by atoms with Crippen LogP contribution in [0.2, 0.25) is 0 Å². The van der Waals surface area contributed by atoms with Crippen LogP contribution in [0.25, 0.3) is 5.65 Å². The smallest absolute Gasteiger partial charge is 0.349 e. The van der Waals surface area contributed by atoms with Crippen molar-refractivity contribution in [3.8, 4) is 5.88 Å². The Kier molecular flexibility index (Phi) is 2.98. The molecule has 1 aliphatic heterocycles. The van der Waals surface area contributed by atoms with Crippen molar-refractivity contribution in [1.82, 2.24) is 24.9 Å². The summed E-state index contributed by atoms with van der Waals surface area (Å²) in [6, 6.07) is 1.69. The van der Waals surface area contributed by atoms with Crippen LogP contribution < -0.4 is 15.7 Å². The highest BCUT2D eigenvalue weighted by atomic mass is 16.5. The molecule has 3 rings (SSSR count). The molecule has 7 heteroatoms. The number of rotatable bonds is 2. The lowest BCUT2D eigenvalue weighted by Crippen LogP contribution is -2.43. The molecule has 0 spiro atoms. The lowest BCUT2D eigenvalue weighted by Gasteiger charge is -2.29. The Bertz CT molecular complexity index is 647. The van der Waals surface area contributed by atoms with E-state index in [-0.39, 0.29) is 11.8 Å². The van der Waals surface area contributed by atoms with Gasteiger partial charge < -0.3 is 10.1 Å². The summed E-state index contributed by atoms with van der Waals surface area (Å²) in [6.45, 7) is 5.79. The van der Waals surface area contributed by atoms with E-state index in [1.54, 1.807) is 13.0 Å². The van der Waals surface area contributed by atoms with Crippen LogP contribution in [0.1, 0.15) is 19.2 Å². The van der Waals surface area contributed by atoms with Crippen LogP contribution in [0.15, 0.2) is 10.9 Å². The second kappa shape index (κ2) is 4.65. The molecule has 102 valence electrons. The number of ether oxygens (including phenoxy) is 1. The average Bonchev–Trinajstić information content (AvgIpc) is 2.74. The molecule has 1 saturated heterocycles. The first-order valence-corrected chi connectivity index (χ1v) is 6.47. The molecular weight excluding hydrogens is 246 g/mol. The van der Waals surface area contributed by atoms with Gasteiger partial charge in [-0.2, -0.15) is 10.1 Å². The number of piperidine rings is 1. The normalized spacial score (nSPS) is 23.7. The molecule has 0 radical (unpaired) electrons. The molecule has 0 amide bonds. The van der Waals surface area contributed by atoms with E-state index in [1.165, 1.54) is 4.40 Å². The van der Waals surface area contributed by atoms with Gasteiger partial charge >= 0.3 is 5.69 Å². The minimum atomic E-state index is -0.278. The monoisotopic (exact) mass is 263 g/mol. The molecule has 2 N–H and O–H groups in total. The summed E-state index contributed by atoms with van der Waals surface area (Å²) in [7, 11) is 0. The molecule has 0 bridgehead atoms. The van der Waals surface area contributed by atoms with Crippen molar-refractivity contribution >= 4 is 5.65 Å². The molecule has 2 aromatic rings. The molecule has 2 atom stereocenters. The summed E-state index contributed by atoms with van der Waals surface area (Å²) in [6.07, 6.45) is 1.20. The molecule has 7 nitrogen and oxygen atoms in total. The number of nitrogens with one attached hydrogen (secondary N) is 2. The van der Waals surface area contributed by atoms with Crippen LogP contribution in [0.5, 0.6) is 5.88 Å². The third-order valence-electron chi connectivity index (χ3n) is 3.58. The number of hydrogen-bond acceptors (Lipinski definition) is 5. The van der Waals surface area contributed by atoms with Gasteiger partial charge in [0.25, 0.3) is 0 Å². The van der Waals surface area contributed by atoms with Crippen molar-refractivity contribution in [2.24, 2.45) is 5.92 Å². The molecule has 0 aliphatic carbocycles. The van der Waals surface area contributed by atoms with Crippen molar-refractivity contribution in [2.45, 2.75) is 26.4 Å². The largest absolute Gasteiger partial charge is 0.473 e. The maximum Gasteiger partial charge on any atom is 0.349 e. The van der Waals surface area contributed by atoms with Crippen molar-refractivity contribution in [1.29, 1.82) is 0 Å². The zero-order chi connectivity index (χ0) is 13.4. The molecule has 19 heavy (non-hydrogen) atoms. The number of nitrogens with zero attached hydrogens (tertiary/aromatic N) is 3. The highest BCUT2D eigenvalue weighted by molar-refractivity contribution is 5.40. The summed E-state index contributed by atoms with van der Waals surface area (Å²) < 4.78 is 7.35. The number of aryl methyl sites for hydroxylation is 1. The Labute approximate surface area is 110 Å². The number of fused-ring (bicyclic) bond motifs is 1. The summed E-state index contributed by atoms with van der Waals surface area (Å²) in [4.78, 5) is 15.8. The van der Waals surface area contributed by atoms with E-state index in [1.807, 2.05) is 0 Å². The van der Waals surface area contributed by atoms with E-state index in [0.717, 1.165) is 19.5 Å². The van der Waals surface area contributed by atoms with E-state index in [2.05, 4.69) is 27.4 Å². The van der Waals surface area contributed by atoms with Crippen molar-refractivity contribution in [2.75, 3.05) is 13.1 Å². The van der Waals surface area contributed by atoms with Gasteiger partial charge in [-0.25, -0.2) is 14.3 Å². The molecule has 1 aliphatic rings. The number of H-pyrrole nitrogens is 1. The number of aromatic amines is 1. The fourth-order valence-electron chi connectivity index (χ4n) is 2.41. The van der Waals surface area contributed by atoms with Crippen LogP contribution in [0, 0.1) is 12.8 Å². The Morgan fingerprint density at radius 2 is 2.37 bits per heavy atom. The fraction of sp³-hybridized carbons (Fsp3) is 0.583. The predicted octanol–water partition coefficient (Wildman–Crippen LogP) is 0.103. The van der Waals surface area contributed by atoms with E-state index in [0.29, 0.717) is 23.3 Å². The van der Waals surface area contributed by atoms with E-state index < -0.39 is 0 Å². The second-order valence-corrected chi connectivity index (χ2v) is 4.99. The summed E-state index contributed by atoms with van der Waals surface area (Å²) >= 11 is 0. The average molecular weight is 263 g/mol. The molecule has 3 heterocycles. The van der Waals surface area contributed by atoms with Crippen molar-refractivity contribution in [3.63, 3.8) is 0 Å². The second-order valence-electron chi connectivity index (χ2n) is 4.99. The maximum absolute atomic E-state index is 11.5. The fourth-order valence-corrected chi connectivity index (χ4v) is 2.41. The van der Waals surface area contributed by atoms with Gasteiger partial charge in [0.1, 0.15) is 11.9 Å². The van der Waals surface area contributed by atoms with Crippen LogP contribution in [0.4, 0.5) is 0 Å². The summed E-state index contributed by atoms with van der Waals surface area (Å²) in [5, 5.41) is 9.66. The van der Waals surface area contributed by atoms with Gasteiger partial charge in [-0.3, -0.25) is 0 Å². The van der Waals surface area contributed by atoms with Gasteiger partial charge in [0.15, 0.2) is 5.65 Å². The van der Waals surface area contributed by atoms with Crippen LogP contribution in [-0.4, -0.2) is 38.8 Å². The maximum atomic E-state index is 11.5. The highest BCUT2D eigenvalue weighted by Gasteiger charge is 2.23. The molecule has 0 aromatic carbocycles. The standard InChI is InChI=1S/C12H17N5O2/c1-7-3-4-13-6-9(7)19-11-5-10-15-16-12(18)17(10)8(2)14-11/h5,7,9,13H,3-4,6H2,1-2H3,(H,16,18). The molecule has 0 saturated carbocycles. The van der Waals surface area contributed by atoms with Gasteiger partial charge in [0, 0.05) is 12.6 Å².